The van der Waals surface area contributed by atoms with Gasteiger partial charge in [-0.15, -0.1) is 0 Å². The Bertz CT molecular complexity index is 874. The Kier molecular flexibility index (Phi) is 3.54. The third kappa shape index (κ3) is 2.65. The van der Waals surface area contributed by atoms with E-state index in [4.69, 9.17) is 4.42 Å². The fourth-order valence-corrected chi connectivity index (χ4v) is 2.34. The van der Waals surface area contributed by atoms with Crippen LogP contribution in [0.4, 0.5) is 0 Å². The summed E-state index contributed by atoms with van der Waals surface area (Å²) >= 11 is 0. The highest BCUT2D eigenvalue weighted by atomic mass is 16.4. The van der Waals surface area contributed by atoms with Gasteiger partial charge in [-0.1, -0.05) is 12.1 Å². The van der Waals surface area contributed by atoms with Crippen molar-refractivity contribution in [3.05, 3.63) is 52.8 Å². The second kappa shape index (κ2) is 5.51. The molecule has 1 aromatic carbocycles. The van der Waals surface area contributed by atoms with Crippen LogP contribution in [-0.4, -0.2) is 32.2 Å². The number of aryl methyl sites for hydroxylation is 1. The standard InChI is InChI=1S/C15H16N4O3/c1-17(8-11-7-16-18(2)9-11)14(20)10-19-12-5-3-4-6-13(12)22-15(19)21/h3-7,9H,8,10H2,1-2H3. The zero-order chi connectivity index (χ0) is 15.7. The summed E-state index contributed by atoms with van der Waals surface area (Å²) in [4.78, 5) is 25.7. The number of oxazole rings is 1. The minimum absolute atomic E-state index is 0.0490. The number of carbonyl (C=O) groups excluding carboxylic acids is 1. The molecule has 0 unspecified atom stereocenters. The number of amides is 1. The summed E-state index contributed by atoms with van der Waals surface area (Å²) in [5.74, 6) is -0.693. The van der Waals surface area contributed by atoms with Crippen LogP contribution in [0.15, 0.2) is 45.9 Å². The van der Waals surface area contributed by atoms with Gasteiger partial charge in [-0.3, -0.25) is 14.0 Å². The van der Waals surface area contributed by atoms with E-state index >= 15 is 0 Å². The molecule has 0 fully saturated rings. The van der Waals surface area contributed by atoms with E-state index in [1.54, 1.807) is 47.1 Å². The average Bonchev–Trinajstić information content (AvgIpc) is 3.03. The first-order valence-electron chi connectivity index (χ1n) is 6.84. The minimum atomic E-state index is -0.524. The van der Waals surface area contributed by atoms with Crippen molar-refractivity contribution in [2.75, 3.05) is 7.05 Å². The summed E-state index contributed by atoms with van der Waals surface area (Å²) < 4.78 is 8.15. The maximum atomic E-state index is 12.3. The predicted octanol–water partition coefficient (Wildman–Crippen LogP) is 0.987. The van der Waals surface area contributed by atoms with Crippen molar-refractivity contribution < 1.29 is 9.21 Å². The van der Waals surface area contributed by atoms with Gasteiger partial charge in [0.2, 0.25) is 5.91 Å². The van der Waals surface area contributed by atoms with Gasteiger partial charge in [-0.25, -0.2) is 4.79 Å². The Morgan fingerprint density at radius 1 is 1.36 bits per heavy atom. The zero-order valence-electron chi connectivity index (χ0n) is 12.4. The van der Waals surface area contributed by atoms with E-state index in [0.29, 0.717) is 17.6 Å². The van der Waals surface area contributed by atoms with Crippen LogP contribution in [-0.2, 0) is 24.9 Å². The maximum absolute atomic E-state index is 12.3. The monoisotopic (exact) mass is 300 g/mol. The van der Waals surface area contributed by atoms with Gasteiger partial charge in [0.05, 0.1) is 11.7 Å². The van der Waals surface area contributed by atoms with Crippen LogP contribution in [0.25, 0.3) is 11.1 Å². The highest BCUT2D eigenvalue weighted by Gasteiger charge is 2.15. The number of hydrogen-bond acceptors (Lipinski definition) is 4. The van der Waals surface area contributed by atoms with Gasteiger partial charge in [0, 0.05) is 32.4 Å². The summed E-state index contributed by atoms with van der Waals surface area (Å²) in [5, 5.41) is 4.07. The molecule has 0 atom stereocenters. The van der Waals surface area contributed by atoms with Gasteiger partial charge >= 0.3 is 5.76 Å². The summed E-state index contributed by atoms with van der Waals surface area (Å²) in [7, 11) is 3.52. The van der Waals surface area contributed by atoms with Crippen LogP contribution in [0.5, 0.6) is 0 Å². The second-order valence-corrected chi connectivity index (χ2v) is 5.19. The van der Waals surface area contributed by atoms with Crippen molar-refractivity contribution in [2.45, 2.75) is 13.1 Å². The van der Waals surface area contributed by atoms with Crippen LogP contribution in [0, 0.1) is 0 Å². The fourth-order valence-electron chi connectivity index (χ4n) is 2.34. The fraction of sp³-hybridized carbons (Fsp3) is 0.267. The third-order valence-electron chi connectivity index (χ3n) is 3.47. The number of rotatable bonds is 4. The van der Waals surface area contributed by atoms with Crippen LogP contribution in [0.3, 0.4) is 0 Å². The van der Waals surface area contributed by atoms with E-state index < -0.39 is 5.76 Å². The lowest BCUT2D eigenvalue weighted by atomic mass is 10.3. The van der Waals surface area contributed by atoms with E-state index in [1.807, 2.05) is 13.2 Å². The molecule has 3 aromatic rings. The molecule has 0 spiro atoms. The first-order valence-corrected chi connectivity index (χ1v) is 6.84. The average molecular weight is 300 g/mol. The number of benzene rings is 1. The summed E-state index contributed by atoms with van der Waals surface area (Å²) in [6.07, 6.45) is 3.56. The molecule has 0 radical (unpaired) electrons. The van der Waals surface area contributed by atoms with Gasteiger partial charge < -0.3 is 9.32 Å². The van der Waals surface area contributed by atoms with Gasteiger partial charge in [0.1, 0.15) is 6.54 Å². The number of nitrogens with zero attached hydrogens (tertiary/aromatic N) is 4. The molecular formula is C15H16N4O3. The number of aromatic nitrogens is 3. The number of carbonyl (C=O) groups is 1. The number of para-hydroxylation sites is 2. The second-order valence-electron chi connectivity index (χ2n) is 5.19. The molecule has 3 rings (SSSR count). The molecule has 2 aromatic heterocycles. The molecule has 7 nitrogen and oxygen atoms in total. The first kappa shape index (κ1) is 14.1. The molecule has 7 heteroatoms. The molecule has 0 bridgehead atoms. The zero-order valence-corrected chi connectivity index (χ0v) is 12.4. The predicted molar refractivity (Wildman–Crippen MR) is 80.2 cm³/mol. The van der Waals surface area contributed by atoms with Crippen molar-refractivity contribution in [1.29, 1.82) is 0 Å². The molecule has 0 saturated heterocycles. The molecule has 0 aliphatic carbocycles. The number of fused-ring (bicyclic) bond motifs is 1. The molecule has 2 heterocycles. The normalized spacial score (nSPS) is 11.0. The SMILES string of the molecule is CN(Cc1cnn(C)c1)C(=O)Cn1c(=O)oc2ccccc21. The van der Waals surface area contributed by atoms with E-state index in [-0.39, 0.29) is 12.5 Å². The van der Waals surface area contributed by atoms with E-state index in [0.717, 1.165) is 5.56 Å². The highest BCUT2D eigenvalue weighted by molar-refractivity contribution is 5.79. The molecule has 0 saturated carbocycles. The Morgan fingerprint density at radius 2 is 2.14 bits per heavy atom. The smallest absolute Gasteiger partial charge is 0.408 e. The number of likely N-dealkylation sites (N-methyl/N-ethyl adjacent to an activating group) is 1. The topological polar surface area (TPSA) is 73.3 Å². The van der Waals surface area contributed by atoms with E-state index in [1.165, 1.54) is 4.57 Å². The highest BCUT2D eigenvalue weighted by Crippen LogP contribution is 2.12. The molecule has 1 amide bonds. The van der Waals surface area contributed by atoms with Crippen LogP contribution in [0.1, 0.15) is 5.56 Å². The van der Waals surface area contributed by atoms with E-state index in [2.05, 4.69) is 5.10 Å². The largest absolute Gasteiger partial charge is 0.420 e. The van der Waals surface area contributed by atoms with Crippen molar-refractivity contribution >= 4 is 17.0 Å². The van der Waals surface area contributed by atoms with Gasteiger partial charge in [-0.05, 0) is 12.1 Å². The van der Waals surface area contributed by atoms with E-state index in [9.17, 15) is 9.59 Å². The summed E-state index contributed by atoms with van der Waals surface area (Å²) in [5.41, 5.74) is 2.04. The van der Waals surface area contributed by atoms with Crippen LogP contribution >= 0.6 is 0 Å². The van der Waals surface area contributed by atoms with Gasteiger partial charge in [0.15, 0.2) is 5.58 Å². The van der Waals surface area contributed by atoms with Crippen molar-refractivity contribution in [2.24, 2.45) is 7.05 Å². The summed E-state index contributed by atoms with van der Waals surface area (Å²) in [6.45, 7) is 0.393. The Morgan fingerprint density at radius 3 is 2.86 bits per heavy atom. The molecule has 0 aliphatic heterocycles. The quantitative estimate of drug-likeness (QED) is 0.720. The Labute approximate surface area is 126 Å². The van der Waals surface area contributed by atoms with Crippen molar-refractivity contribution in [1.82, 2.24) is 19.2 Å². The molecular weight excluding hydrogens is 284 g/mol. The maximum Gasteiger partial charge on any atom is 0.420 e. The van der Waals surface area contributed by atoms with Gasteiger partial charge in [0.25, 0.3) is 0 Å². The van der Waals surface area contributed by atoms with Crippen molar-refractivity contribution in [3.8, 4) is 0 Å². The third-order valence-corrected chi connectivity index (χ3v) is 3.47. The van der Waals surface area contributed by atoms with Crippen molar-refractivity contribution in [3.63, 3.8) is 0 Å². The lowest BCUT2D eigenvalue weighted by Crippen LogP contribution is -2.32. The first-order chi connectivity index (χ1) is 10.5. The lowest BCUT2D eigenvalue weighted by molar-refractivity contribution is -0.131. The Balaban J connectivity index is 1.78. The Hall–Kier alpha value is -2.83. The molecule has 22 heavy (non-hydrogen) atoms. The molecule has 114 valence electrons. The number of hydrogen-bond donors (Lipinski definition) is 0. The van der Waals surface area contributed by atoms with Gasteiger partial charge in [-0.2, -0.15) is 5.10 Å². The van der Waals surface area contributed by atoms with Crippen LogP contribution < -0.4 is 5.76 Å². The minimum Gasteiger partial charge on any atom is -0.408 e. The lowest BCUT2D eigenvalue weighted by Gasteiger charge is -2.16. The molecule has 0 aliphatic rings. The molecule has 0 N–H and O–H groups in total. The van der Waals surface area contributed by atoms with Crippen LogP contribution in [0.2, 0.25) is 0 Å². The summed E-state index contributed by atoms with van der Waals surface area (Å²) in [6, 6.07) is 7.05.